The first kappa shape index (κ1) is 16.0. The van der Waals surface area contributed by atoms with Crippen molar-refractivity contribution in [3.63, 3.8) is 0 Å². The third-order valence-electron chi connectivity index (χ3n) is 2.76. The number of hydrogen-bond acceptors (Lipinski definition) is 7. The van der Waals surface area contributed by atoms with E-state index < -0.39 is 5.97 Å². The molecule has 0 atom stereocenters. The molecule has 7 nitrogen and oxygen atoms in total. The van der Waals surface area contributed by atoms with Crippen molar-refractivity contribution in [1.82, 2.24) is 15.0 Å². The van der Waals surface area contributed by atoms with E-state index in [4.69, 9.17) is 9.47 Å². The van der Waals surface area contributed by atoms with E-state index in [0.717, 1.165) is 5.75 Å². The quantitative estimate of drug-likeness (QED) is 0.640. The molecule has 2 aromatic heterocycles. The number of aromatic carboxylic acids is 1. The molecule has 0 aliphatic rings. The van der Waals surface area contributed by atoms with Crippen LogP contribution in [0.25, 0.3) is 11.3 Å². The van der Waals surface area contributed by atoms with Gasteiger partial charge in [-0.15, -0.1) is 0 Å². The van der Waals surface area contributed by atoms with Crippen LogP contribution in [0.15, 0.2) is 23.5 Å². The third kappa shape index (κ3) is 3.28. The van der Waals surface area contributed by atoms with E-state index in [1.54, 1.807) is 12.1 Å². The number of rotatable bonds is 6. The Morgan fingerprint density at radius 3 is 2.64 bits per heavy atom. The van der Waals surface area contributed by atoms with Gasteiger partial charge in [0.05, 0.1) is 25.5 Å². The second-order valence-corrected chi connectivity index (χ2v) is 5.29. The highest BCUT2D eigenvalue weighted by atomic mass is 32.2. The van der Waals surface area contributed by atoms with Gasteiger partial charge in [0.2, 0.25) is 11.8 Å². The minimum atomic E-state index is -1.11. The average Bonchev–Trinajstić information content (AvgIpc) is 2.54. The molecule has 0 fully saturated rings. The van der Waals surface area contributed by atoms with Gasteiger partial charge in [-0.05, 0) is 11.8 Å². The lowest BCUT2D eigenvalue weighted by molar-refractivity contribution is 0.0696. The lowest BCUT2D eigenvalue weighted by atomic mass is 10.1. The molecule has 1 N–H and O–H groups in total. The number of carboxylic acids is 1. The summed E-state index contributed by atoms with van der Waals surface area (Å²) < 4.78 is 10.3. The van der Waals surface area contributed by atoms with Crippen LogP contribution in [0.1, 0.15) is 17.3 Å². The SMILES string of the molecule is CCSc1ncc(C(=O)O)c(-c2ccc(OC)nc2OC)n1. The maximum Gasteiger partial charge on any atom is 0.339 e. The van der Waals surface area contributed by atoms with Crippen molar-refractivity contribution >= 4 is 17.7 Å². The molecule has 0 saturated carbocycles. The lowest BCUT2D eigenvalue weighted by Gasteiger charge is -2.11. The van der Waals surface area contributed by atoms with Gasteiger partial charge in [0, 0.05) is 12.3 Å². The van der Waals surface area contributed by atoms with Crippen molar-refractivity contribution in [2.75, 3.05) is 20.0 Å². The zero-order valence-corrected chi connectivity index (χ0v) is 13.2. The highest BCUT2D eigenvalue weighted by molar-refractivity contribution is 7.99. The molecule has 2 aromatic rings. The molecule has 0 spiro atoms. The number of carboxylic acid groups (broad SMARTS) is 1. The molecule has 0 saturated heterocycles. The summed E-state index contributed by atoms with van der Waals surface area (Å²) in [6.45, 7) is 1.97. The molecule has 2 heterocycles. The number of carbonyl (C=O) groups is 1. The van der Waals surface area contributed by atoms with E-state index in [9.17, 15) is 9.90 Å². The van der Waals surface area contributed by atoms with E-state index in [0.29, 0.717) is 16.6 Å². The van der Waals surface area contributed by atoms with Gasteiger partial charge < -0.3 is 14.6 Å². The van der Waals surface area contributed by atoms with Gasteiger partial charge in [0.1, 0.15) is 5.56 Å². The topological polar surface area (TPSA) is 94.4 Å². The maximum absolute atomic E-state index is 11.4. The molecule has 0 aromatic carbocycles. The third-order valence-corrected chi connectivity index (χ3v) is 3.51. The second kappa shape index (κ2) is 7.08. The first-order valence-corrected chi connectivity index (χ1v) is 7.41. The van der Waals surface area contributed by atoms with Gasteiger partial charge in [-0.25, -0.2) is 14.8 Å². The minimum absolute atomic E-state index is 0.00859. The van der Waals surface area contributed by atoms with Crippen molar-refractivity contribution < 1.29 is 19.4 Å². The standard InChI is InChI=1S/C14H15N3O4S/c1-4-22-14-15-7-9(13(18)19)11(17-14)8-5-6-10(20-2)16-12(8)21-3/h5-7H,4H2,1-3H3,(H,18,19). The van der Waals surface area contributed by atoms with Gasteiger partial charge in [0.15, 0.2) is 5.16 Å². The number of ether oxygens (including phenoxy) is 2. The summed E-state index contributed by atoms with van der Waals surface area (Å²) in [5.41, 5.74) is 0.734. The van der Waals surface area contributed by atoms with E-state index in [1.165, 1.54) is 32.2 Å². The fourth-order valence-corrected chi connectivity index (χ4v) is 2.34. The second-order valence-electron chi connectivity index (χ2n) is 4.06. The van der Waals surface area contributed by atoms with Crippen LogP contribution in [0.5, 0.6) is 11.8 Å². The molecule has 0 amide bonds. The molecular weight excluding hydrogens is 306 g/mol. The first-order valence-electron chi connectivity index (χ1n) is 6.43. The van der Waals surface area contributed by atoms with Crippen molar-refractivity contribution in [2.45, 2.75) is 12.1 Å². The molecule has 0 bridgehead atoms. The van der Waals surface area contributed by atoms with Crippen LogP contribution in [0.3, 0.4) is 0 Å². The van der Waals surface area contributed by atoms with E-state index >= 15 is 0 Å². The number of hydrogen-bond donors (Lipinski definition) is 1. The van der Waals surface area contributed by atoms with Crippen LogP contribution in [0.4, 0.5) is 0 Å². The van der Waals surface area contributed by atoms with Gasteiger partial charge in [-0.2, -0.15) is 4.98 Å². The smallest absolute Gasteiger partial charge is 0.339 e. The molecule has 116 valence electrons. The van der Waals surface area contributed by atoms with E-state index in [1.807, 2.05) is 6.92 Å². The molecule has 0 aliphatic heterocycles. The summed E-state index contributed by atoms with van der Waals surface area (Å²) in [6, 6.07) is 3.29. The van der Waals surface area contributed by atoms with Crippen LogP contribution in [-0.4, -0.2) is 46.0 Å². The Hall–Kier alpha value is -2.35. The summed E-state index contributed by atoms with van der Waals surface area (Å²) in [6.07, 6.45) is 1.30. The summed E-state index contributed by atoms with van der Waals surface area (Å²) in [5, 5.41) is 9.84. The summed E-state index contributed by atoms with van der Waals surface area (Å²) in [4.78, 5) is 24.0. The fourth-order valence-electron chi connectivity index (χ4n) is 1.80. The van der Waals surface area contributed by atoms with Crippen LogP contribution < -0.4 is 9.47 Å². The van der Waals surface area contributed by atoms with Crippen LogP contribution in [0.2, 0.25) is 0 Å². The number of nitrogens with zero attached hydrogens (tertiary/aromatic N) is 3. The Labute approximate surface area is 131 Å². The Morgan fingerprint density at radius 2 is 2.05 bits per heavy atom. The van der Waals surface area contributed by atoms with Gasteiger partial charge in [0.25, 0.3) is 0 Å². The highest BCUT2D eigenvalue weighted by Gasteiger charge is 2.20. The largest absolute Gasteiger partial charge is 0.481 e. The number of pyridine rings is 1. The van der Waals surface area contributed by atoms with Gasteiger partial charge in [-0.3, -0.25) is 0 Å². The van der Waals surface area contributed by atoms with E-state index in [2.05, 4.69) is 15.0 Å². The van der Waals surface area contributed by atoms with Gasteiger partial charge in [-0.1, -0.05) is 18.7 Å². The van der Waals surface area contributed by atoms with Gasteiger partial charge >= 0.3 is 5.97 Å². The number of thioether (sulfide) groups is 1. The Morgan fingerprint density at radius 1 is 1.27 bits per heavy atom. The normalized spacial score (nSPS) is 10.3. The predicted octanol–water partition coefficient (Wildman–Crippen LogP) is 2.37. The summed E-state index contributed by atoms with van der Waals surface area (Å²) in [7, 11) is 2.94. The molecule has 0 unspecified atom stereocenters. The maximum atomic E-state index is 11.4. The minimum Gasteiger partial charge on any atom is -0.481 e. The van der Waals surface area contributed by atoms with Crippen molar-refractivity contribution in [3.8, 4) is 23.0 Å². The number of aromatic nitrogens is 3. The molecule has 0 aliphatic carbocycles. The molecular formula is C14H15N3O4S. The monoisotopic (exact) mass is 321 g/mol. The predicted molar refractivity (Wildman–Crippen MR) is 81.7 cm³/mol. The molecule has 22 heavy (non-hydrogen) atoms. The van der Waals surface area contributed by atoms with Crippen molar-refractivity contribution in [2.24, 2.45) is 0 Å². The zero-order chi connectivity index (χ0) is 16.1. The summed E-state index contributed by atoms with van der Waals surface area (Å²) >= 11 is 1.42. The number of methoxy groups -OCH3 is 2. The summed E-state index contributed by atoms with van der Waals surface area (Å²) in [5.74, 6) is 0.285. The average molecular weight is 321 g/mol. The molecule has 2 rings (SSSR count). The molecule has 0 radical (unpaired) electrons. The van der Waals surface area contributed by atoms with Crippen molar-refractivity contribution in [1.29, 1.82) is 0 Å². The lowest BCUT2D eigenvalue weighted by Crippen LogP contribution is -2.06. The highest BCUT2D eigenvalue weighted by Crippen LogP contribution is 2.32. The van der Waals surface area contributed by atoms with Crippen LogP contribution in [0, 0.1) is 0 Å². The van der Waals surface area contributed by atoms with Crippen molar-refractivity contribution in [3.05, 3.63) is 23.9 Å². The molecule has 8 heteroatoms. The Kier molecular flexibility index (Phi) is 5.16. The fraction of sp³-hybridized carbons (Fsp3) is 0.286. The van der Waals surface area contributed by atoms with Crippen LogP contribution in [-0.2, 0) is 0 Å². The van der Waals surface area contributed by atoms with Crippen LogP contribution >= 0.6 is 11.8 Å². The van der Waals surface area contributed by atoms with E-state index in [-0.39, 0.29) is 17.1 Å². The zero-order valence-electron chi connectivity index (χ0n) is 12.4. The first-order chi connectivity index (χ1) is 10.6. The Bertz CT molecular complexity index is 694. The Balaban J connectivity index is 2.63.